The second kappa shape index (κ2) is 13.8. The number of carbonyl (C=O) groups is 1. The Balaban J connectivity index is 1.60. The van der Waals surface area contributed by atoms with Crippen LogP contribution in [0.15, 0.2) is 93.9 Å². The van der Waals surface area contributed by atoms with Gasteiger partial charge in [0.25, 0.3) is 5.56 Å². The molecule has 0 amide bonds. The zero-order valence-corrected chi connectivity index (χ0v) is 26.4. The Morgan fingerprint density at radius 3 is 2.43 bits per heavy atom. The largest absolute Gasteiger partial charge is 0.491 e. The van der Waals surface area contributed by atoms with Gasteiger partial charge in [0.05, 0.1) is 35.1 Å². The van der Waals surface area contributed by atoms with Gasteiger partial charge in [-0.2, -0.15) is 0 Å². The molecule has 0 saturated heterocycles. The number of para-hydroxylation sites is 1. The second-order valence-corrected chi connectivity index (χ2v) is 11.4. The minimum absolute atomic E-state index is 0.109. The van der Waals surface area contributed by atoms with Crippen molar-refractivity contribution in [2.75, 3.05) is 13.2 Å². The SMILES string of the molecule is CCOC(=O)C1=C(C)N=c2s/c(=C/c3ccc(OCc4ccccc4)c(OCC)c3)c(=O)n2[C@H]1c1ccccc1OC(C)C. The number of benzene rings is 3. The maximum absolute atomic E-state index is 14.1. The molecule has 1 aromatic heterocycles. The zero-order chi connectivity index (χ0) is 31.2. The molecular formula is C35H36N2O6S. The number of hydrogen-bond donors (Lipinski definition) is 0. The molecule has 0 unspecified atom stereocenters. The third kappa shape index (κ3) is 6.63. The predicted molar refractivity (Wildman–Crippen MR) is 171 cm³/mol. The van der Waals surface area contributed by atoms with Crippen molar-refractivity contribution in [1.82, 2.24) is 4.57 Å². The monoisotopic (exact) mass is 612 g/mol. The number of hydrogen-bond acceptors (Lipinski definition) is 8. The summed E-state index contributed by atoms with van der Waals surface area (Å²) in [5.74, 6) is 1.28. The van der Waals surface area contributed by atoms with E-state index in [1.807, 2.05) is 99.6 Å². The minimum atomic E-state index is -0.768. The normalized spacial score (nSPS) is 14.7. The molecule has 0 radical (unpaired) electrons. The fraction of sp³-hybridized carbons (Fsp3) is 0.286. The van der Waals surface area contributed by atoms with Gasteiger partial charge in [-0.25, -0.2) is 9.79 Å². The zero-order valence-electron chi connectivity index (χ0n) is 25.5. The summed E-state index contributed by atoms with van der Waals surface area (Å²) in [5, 5.41) is 0. The number of fused-ring (bicyclic) bond motifs is 1. The number of esters is 1. The van der Waals surface area contributed by atoms with Crippen molar-refractivity contribution in [3.8, 4) is 17.2 Å². The molecule has 1 atom stereocenters. The number of nitrogens with zero attached hydrogens (tertiary/aromatic N) is 2. The Morgan fingerprint density at radius 1 is 0.955 bits per heavy atom. The van der Waals surface area contributed by atoms with Crippen LogP contribution in [-0.4, -0.2) is 29.9 Å². The first-order valence-corrected chi connectivity index (χ1v) is 15.5. The molecule has 0 saturated carbocycles. The van der Waals surface area contributed by atoms with Crippen LogP contribution in [-0.2, 0) is 16.1 Å². The van der Waals surface area contributed by atoms with E-state index in [9.17, 15) is 9.59 Å². The summed E-state index contributed by atoms with van der Waals surface area (Å²) in [5.41, 5.74) is 3.04. The van der Waals surface area contributed by atoms with Crippen molar-refractivity contribution in [2.24, 2.45) is 4.99 Å². The lowest BCUT2D eigenvalue weighted by Gasteiger charge is -2.26. The minimum Gasteiger partial charge on any atom is -0.491 e. The molecule has 0 aliphatic carbocycles. The molecular weight excluding hydrogens is 576 g/mol. The highest BCUT2D eigenvalue weighted by Gasteiger charge is 2.35. The van der Waals surface area contributed by atoms with E-state index in [4.69, 9.17) is 18.9 Å². The van der Waals surface area contributed by atoms with Crippen molar-refractivity contribution < 1.29 is 23.7 Å². The Morgan fingerprint density at radius 2 is 1.70 bits per heavy atom. The van der Waals surface area contributed by atoms with Crippen LogP contribution in [0.3, 0.4) is 0 Å². The lowest BCUT2D eigenvalue weighted by Crippen LogP contribution is -2.40. The van der Waals surface area contributed by atoms with Crippen LogP contribution in [0.25, 0.3) is 6.08 Å². The molecule has 0 spiro atoms. The molecule has 1 aliphatic heterocycles. The molecule has 8 nitrogen and oxygen atoms in total. The van der Waals surface area contributed by atoms with Crippen molar-refractivity contribution in [3.63, 3.8) is 0 Å². The van der Waals surface area contributed by atoms with E-state index >= 15 is 0 Å². The summed E-state index contributed by atoms with van der Waals surface area (Å²) >= 11 is 1.27. The number of allylic oxidation sites excluding steroid dienone is 1. The maximum atomic E-state index is 14.1. The number of rotatable bonds is 11. The lowest BCUT2D eigenvalue weighted by atomic mass is 9.95. The molecule has 0 fully saturated rings. The highest BCUT2D eigenvalue weighted by atomic mass is 32.1. The first-order chi connectivity index (χ1) is 21.3. The van der Waals surface area contributed by atoms with Crippen molar-refractivity contribution in [1.29, 1.82) is 0 Å². The Hall–Kier alpha value is -4.63. The van der Waals surface area contributed by atoms with E-state index in [1.165, 1.54) is 11.3 Å². The van der Waals surface area contributed by atoms with Crippen molar-refractivity contribution in [3.05, 3.63) is 120 Å². The van der Waals surface area contributed by atoms with Crippen LogP contribution in [0.4, 0.5) is 0 Å². The Kier molecular flexibility index (Phi) is 9.65. The third-order valence-corrected chi connectivity index (χ3v) is 7.88. The van der Waals surface area contributed by atoms with Gasteiger partial charge in [0.2, 0.25) is 0 Å². The standard InChI is InChI=1S/C35H36N2O6S/c1-6-40-29-19-25(17-18-28(29)42-21-24-13-9-8-10-14-24)20-30-33(38)37-32(26-15-11-12-16-27(26)43-22(3)4)31(34(39)41-7-2)23(5)36-35(37)44-30/h8-20,22,32H,6-7,21H2,1-5H3/b30-20+/t32-/m0/s1. The molecule has 3 aromatic carbocycles. The van der Waals surface area contributed by atoms with E-state index in [1.54, 1.807) is 18.4 Å². The topological polar surface area (TPSA) is 88.4 Å². The summed E-state index contributed by atoms with van der Waals surface area (Å²) in [6.07, 6.45) is 1.70. The fourth-order valence-corrected chi connectivity index (χ4v) is 6.09. The summed E-state index contributed by atoms with van der Waals surface area (Å²) in [7, 11) is 0. The highest BCUT2D eigenvalue weighted by molar-refractivity contribution is 7.07. The molecule has 44 heavy (non-hydrogen) atoms. The van der Waals surface area contributed by atoms with Crippen molar-refractivity contribution >= 4 is 23.4 Å². The van der Waals surface area contributed by atoms with E-state index in [0.29, 0.717) is 56.6 Å². The van der Waals surface area contributed by atoms with Gasteiger partial charge >= 0.3 is 5.97 Å². The van der Waals surface area contributed by atoms with E-state index in [-0.39, 0.29) is 18.3 Å². The summed E-state index contributed by atoms with van der Waals surface area (Å²) in [6.45, 7) is 10.4. The van der Waals surface area contributed by atoms with E-state index in [2.05, 4.69) is 4.99 Å². The maximum Gasteiger partial charge on any atom is 0.338 e. The molecule has 2 heterocycles. The van der Waals surface area contributed by atoms with Gasteiger partial charge in [-0.15, -0.1) is 0 Å². The van der Waals surface area contributed by atoms with Crippen molar-refractivity contribution in [2.45, 2.75) is 53.4 Å². The van der Waals surface area contributed by atoms with Crippen LogP contribution in [0.2, 0.25) is 0 Å². The van der Waals surface area contributed by atoms with Crippen LogP contribution >= 0.6 is 11.3 Å². The van der Waals surface area contributed by atoms with Gasteiger partial charge in [-0.1, -0.05) is 65.9 Å². The van der Waals surface area contributed by atoms with Gasteiger partial charge in [0, 0.05) is 5.56 Å². The average molecular weight is 613 g/mol. The van der Waals surface area contributed by atoms with Gasteiger partial charge in [0.1, 0.15) is 18.4 Å². The Labute approximate surface area is 260 Å². The van der Waals surface area contributed by atoms with Crippen LogP contribution < -0.4 is 29.1 Å². The molecule has 9 heteroatoms. The Bertz CT molecular complexity index is 1860. The summed E-state index contributed by atoms with van der Waals surface area (Å²) in [4.78, 5) is 32.6. The van der Waals surface area contributed by atoms with Gasteiger partial charge in [0.15, 0.2) is 16.3 Å². The van der Waals surface area contributed by atoms with E-state index in [0.717, 1.165) is 11.1 Å². The number of carbonyl (C=O) groups excluding carboxylic acids is 1. The molecule has 0 N–H and O–H groups in total. The number of thiazole rings is 1. The third-order valence-electron chi connectivity index (χ3n) is 6.90. The molecule has 228 valence electrons. The molecule has 5 rings (SSSR count). The first-order valence-electron chi connectivity index (χ1n) is 14.7. The first kappa shape index (κ1) is 30.8. The number of aromatic nitrogens is 1. The van der Waals surface area contributed by atoms with Crippen LogP contribution in [0.1, 0.15) is 57.4 Å². The quantitative estimate of drug-likeness (QED) is 0.206. The van der Waals surface area contributed by atoms with Gasteiger partial charge in [-0.05, 0) is 70.0 Å². The smallest absolute Gasteiger partial charge is 0.338 e. The highest BCUT2D eigenvalue weighted by Crippen LogP contribution is 2.36. The molecule has 4 aromatic rings. The van der Waals surface area contributed by atoms with E-state index < -0.39 is 12.0 Å². The second-order valence-electron chi connectivity index (χ2n) is 10.4. The molecule has 0 bridgehead atoms. The molecule has 1 aliphatic rings. The predicted octanol–water partition coefficient (Wildman–Crippen LogP) is 5.56. The summed E-state index contributed by atoms with van der Waals surface area (Å²) < 4.78 is 25.6. The number of ether oxygens (including phenoxy) is 4. The van der Waals surface area contributed by atoms with Crippen LogP contribution in [0, 0.1) is 0 Å². The fourth-order valence-electron chi connectivity index (χ4n) is 5.04. The van der Waals surface area contributed by atoms with Gasteiger partial charge < -0.3 is 18.9 Å². The summed E-state index contributed by atoms with van der Waals surface area (Å²) in [6, 6.07) is 22.2. The average Bonchev–Trinajstić information content (AvgIpc) is 3.30. The van der Waals surface area contributed by atoms with Crippen LogP contribution in [0.5, 0.6) is 17.2 Å². The van der Waals surface area contributed by atoms with Gasteiger partial charge in [-0.3, -0.25) is 9.36 Å². The lowest BCUT2D eigenvalue weighted by molar-refractivity contribution is -0.139.